The average molecular weight is 212 g/mol. The molecule has 0 fully saturated rings. The molecule has 3 nitrogen and oxygen atoms in total. The number of aliphatic carboxylic acids is 1. The zero-order valence-electron chi connectivity index (χ0n) is 7.42. The van der Waals surface area contributed by atoms with Gasteiger partial charge in [-0.3, -0.25) is 4.79 Å². The summed E-state index contributed by atoms with van der Waals surface area (Å²) < 4.78 is 26.0. The Morgan fingerprint density at radius 1 is 1.33 bits per heavy atom. The van der Waals surface area contributed by atoms with Crippen LogP contribution >= 0.6 is 0 Å². The number of carbonyl (C=O) groups is 1. The smallest absolute Gasteiger partial charge is 0.315 e. The first-order valence-corrected chi connectivity index (χ1v) is 3.89. The molecule has 0 aromatic heterocycles. The number of carboxylic acids is 1. The first-order valence-electron chi connectivity index (χ1n) is 3.89. The number of benzene rings is 1. The van der Waals surface area contributed by atoms with Crippen LogP contribution in [-0.2, 0) is 4.79 Å². The van der Waals surface area contributed by atoms with Crippen LogP contribution < -0.4 is 0 Å². The fourth-order valence-corrected chi connectivity index (χ4v) is 0.887. The van der Waals surface area contributed by atoms with Gasteiger partial charge >= 0.3 is 5.97 Å². The van der Waals surface area contributed by atoms with Crippen LogP contribution in [0.4, 0.5) is 8.78 Å². The van der Waals surface area contributed by atoms with Crippen LogP contribution in [0.1, 0.15) is 12.0 Å². The van der Waals surface area contributed by atoms with E-state index < -0.39 is 35.3 Å². The largest absolute Gasteiger partial charge is 0.508 e. The van der Waals surface area contributed by atoms with Gasteiger partial charge in [-0.15, -0.1) is 0 Å². The second-order valence-corrected chi connectivity index (χ2v) is 2.66. The summed E-state index contributed by atoms with van der Waals surface area (Å²) >= 11 is 0. The van der Waals surface area contributed by atoms with Gasteiger partial charge in [-0.05, 0) is 0 Å². The molecule has 0 saturated heterocycles. The van der Waals surface area contributed by atoms with Gasteiger partial charge in [0.1, 0.15) is 23.8 Å². The van der Waals surface area contributed by atoms with E-state index in [1.807, 2.05) is 5.92 Å². The highest BCUT2D eigenvalue weighted by atomic mass is 19.1. The van der Waals surface area contributed by atoms with E-state index >= 15 is 0 Å². The number of rotatable bonds is 1. The SMILES string of the molecule is O=C(O)CC#Cc1c(F)cc(O)cc1F. The third kappa shape index (κ3) is 2.95. The summed E-state index contributed by atoms with van der Waals surface area (Å²) in [6.07, 6.45) is -0.500. The Kier molecular flexibility index (Phi) is 3.24. The Labute approximate surface area is 84.0 Å². The monoisotopic (exact) mass is 212 g/mol. The van der Waals surface area contributed by atoms with E-state index in [1.165, 1.54) is 0 Å². The maximum atomic E-state index is 13.0. The third-order valence-corrected chi connectivity index (χ3v) is 1.48. The van der Waals surface area contributed by atoms with E-state index in [9.17, 15) is 13.6 Å². The summed E-state index contributed by atoms with van der Waals surface area (Å²) in [7, 11) is 0. The number of aromatic hydroxyl groups is 1. The molecule has 15 heavy (non-hydrogen) atoms. The van der Waals surface area contributed by atoms with E-state index in [-0.39, 0.29) is 0 Å². The van der Waals surface area contributed by atoms with Crippen molar-refractivity contribution in [3.05, 3.63) is 29.3 Å². The number of phenolic OH excluding ortho intramolecular Hbond substituents is 1. The van der Waals surface area contributed by atoms with Gasteiger partial charge < -0.3 is 10.2 Å². The molecular formula is C10H6F2O3. The summed E-state index contributed by atoms with van der Waals surface area (Å²) in [5.74, 6) is 0.367. The minimum atomic E-state index is -1.18. The first kappa shape index (κ1) is 11.0. The quantitative estimate of drug-likeness (QED) is 0.693. The van der Waals surface area contributed by atoms with Crippen LogP contribution in [0.25, 0.3) is 0 Å². The molecule has 0 unspecified atom stereocenters. The molecule has 1 aromatic carbocycles. The van der Waals surface area contributed by atoms with Crippen molar-refractivity contribution in [2.45, 2.75) is 6.42 Å². The molecule has 5 heteroatoms. The molecule has 78 valence electrons. The summed E-state index contributed by atoms with van der Waals surface area (Å²) in [5.41, 5.74) is -0.547. The molecule has 0 saturated carbocycles. The lowest BCUT2D eigenvalue weighted by Crippen LogP contribution is -1.92. The van der Waals surface area contributed by atoms with Crippen LogP contribution in [0.15, 0.2) is 12.1 Å². The lowest BCUT2D eigenvalue weighted by molar-refractivity contribution is -0.135. The number of phenols is 1. The van der Waals surface area contributed by atoms with Crippen LogP contribution in [-0.4, -0.2) is 16.2 Å². The van der Waals surface area contributed by atoms with Crippen molar-refractivity contribution >= 4 is 5.97 Å². The number of hydrogen-bond donors (Lipinski definition) is 2. The molecule has 0 aliphatic heterocycles. The van der Waals surface area contributed by atoms with Crippen molar-refractivity contribution < 1.29 is 23.8 Å². The van der Waals surface area contributed by atoms with Crippen LogP contribution in [0, 0.1) is 23.5 Å². The van der Waals surface area contributed by atoms with Gasteiger partial charge in [0.2, 0.25) is 0 Å². The fourth-order valence-electron chi connectivity index (χ4n) is 0.887. The molecular weight excluding hydrogens is 206 g/mol. The Morgan fingerprint density at radius 3 is 2.33 bits per heavy atom. The summed E-state index contributed by atoms with van der Waals surface area (Å²) in [4.78, 5) is 10.1. The maximum Gasteiger partial charge on any atom is 0.315 e. The van der Waals surface area contributed by atoms with E-state index in [2.05, 4.69) is 5.92 Å². The van der Waals surface area contributed by atoms with E-state index in [0.717, 1.165) is 0 Å². The van der Waals surface area contributed by atoms with Crippen molar-refractivity contribution in [2.24, 2.45) is 0 Å². The zero-order valence-corrected chi connectivity index (χ0v) is 7.42. The van der Waals surface area contributed by atoms with Crippen LogP contribution in [0.3, 0.4) is 0 Å². The molecule has 1 aromatic rings. The van der Waals surface area contributed by atoms with Gasteiger partial charge in [0, 0.05) is 12.1 Å². The molecule has 1 rings (SSSR count). The van der Waals surface area contributed by atoms with E-state index in [1.54, 1.807) is 0 Å². The van der Waals surface area contributed by atoms with Crippen molar-refractivity contribution in [3.8, 4) is 17.6 Å². The number of hydrogen-bond acceptors (Lipinski definition) is 2. The molecule has 0 amide bonds. The number of carboxylic acid groups (broad SMARTS) is 1. The molecule has 0 radical (unpaired) electrons. The summed E-state index contributed by atoms with van der Waals surface area (Å²) in [6, 6.07) is 1.40. The molecule has 2 N–H and O–H groups in total. The lowest BCUT2D eigenvalue weighted by atomic mass is 10.2. The van der Waals surface area contributed by atoms with Crippen molar-refractivity contribution in [2.75, 3.05) is 0 Å². The Morgan fingerprint density at radius 2 is 1.87 bits per heavy atom. The van der Waals surface area contributed by atoms with Gasteiger partial charge in [-0.25, -0.2) is 8.78 Å². The van der Waals surface area contributed by atoms with Gasteiger partial charge in [0.25, 0.3) is 0 Å². The Balaban J connectivity index is 3.03. The van der Waals surface area contributed by atoms with E-state index in [0.29, 0.717) is 12.1 Å². The molecule has 0 aliphatic rings. The highest BCUT2D eigenvalue weighted by molar-refractivity contribution is 5.70. The molecule has 0 spiro atoms. The second-order valence-electron chi connectivity index (χ2n) is 2.66. The molecule has 0 aliphatic carbocycles. The van der Waals surface area contributed by atoms with Gasteiger partial charge in [-0.1, -0.05) is 11.8 Å². The standard InChI is InChI=1S/C10H6F2O3/c11-8-4-6(13)5-9(12)7(8)2-1-3-10(14)15/h4-5,13H,3H2,(H,14,15). The first-order chi connectivity index (χ1) is 7.00. The fraction of sp³-hybridized carbons (Fsp3) is 0.100. The summed E-state index contributed by atoms with van der Waals surface area (Å²) in [6.45, 7) is 0. The maximum absolute atomic E-state index is 13.0. The number of halogens is 2. The van der Waals surface area contributed by atoms with E-state index in [4.69, 9.17) is 10.2 Å². The summed E-state index contributed by atoms with van der Waals surface area (Å²) in [5, 5.41) is 17.1. The second kappa shape index (κ2) is 4.42. The van der Waals surface area contributed by atoms with Crippen molar-refractivity contribution in [1.82, 2.24) is 0 Å². The molecule has 0 bridgehead atoms. The minimum absolute atomic E-state index is 0.500. The highest BCUT2D eigenvalue weighted by Crippen LogP contribution is 2.18. The molecule has 0 atom stereocenters. The van der Waals surface area contributed by atoms with Crippen LogP contribution in [0.2, 0.25) is 0 Å². The Bertz CT molecular complexity index is 434. The highest BCUT2D eigenvalue weighted by Gasteiger charge is 2.08. The van der Waals surface area contributed by atoms with Gasteiger partial charge in [0.05, 0.1) is 5.56 Å². The normalized spacial score (nSPS) is 9.20. The topological polar surface area (TPSA) is 57.5 Å². The predicted octanol–water partition coefficient (Wildman–Crippen LogP) is 1.50. The van der Waals surface area contributed by atoms with Gasteiger partial charge in [-0.2, -0.15) is 0 Å². The zero-order chi connectivity index (χ0) is 11.4. The minimum Gasteiger partial charge on any atom is -0.508 e. The Hall–Kier alpha value is -2.09. The predicted molar refractivity (Wildman–Crippen MR) is 47.2 cm³/mol. The lowest BCUT2D eigenvalue weighted by Gasteiger charge is -1.97. The van der Waals surface area contributed by atoms with Gasteiger partial charge in [0.15, 0.2) is 0 Å². The van der Waals surface area contributed by atoms with Crippen molar-refractivity contribution in [3.63, 3.8) is 0 Å². The van der Waals surface area contributed by atoms with Crippen molar-refractivity contribution in [1.29, 1.82) is 0 Å². The third-order valence-electron chi connectivity index (χ3n) is 1.48. The molecule has 0 heterocycles. The van der Waals surface area contributed by atoms with Crippen LogP contribution in [0.5, 0.6) is 5.75 Å². The average Bonchev–Trinajstić information content (AvgIpc) is 2.08.